The molecule has 1 atom stereocenters. The maximum atomic E-state index is 12.5. The van der Waals surface area contributed by atoms with Crippen LogP contribution in [-0.4, -0.2) is 23.1 Å². The molecule has 0 saturated heterocycles. The second-order valence-corrected chi connectivity index (χ2v) is 10.3. The van der Waals surface area contributed by atoms with Crippen LogP contribution in [0.4, 0.5) is 0 Å². The van der Waals surface area contributed by atoms with E-state index in [1.165, 1.54) is 25.7 Å². The first-order chi connectivity index (χ1) is 19.1. The van der Waals surface area contributed by atoms with Gasteiger partial charge in [-0.15, -0.1) is 0 Å². The number of unbranched alkanes of at least 4 members (excludes halogenated alkanes) is 10. The number of aliphatic carboxylic acids is 1. The van der Waals surface area contributed by atoms with Crippen LogP contribution in [0.15, 0.2) is 60.8 Å². The van der Waals surface area contributed by atoms with Crippen molar-refractivity contribution in [1.82, 2.24) is 0 Å². The van der Waals surface area contributed by atoms with E-state index in [-0.39, 0.29) is 18.5 Å². The van der Waals surface area contributed by atoms with Crippen molar-refractivity contribution in [3.8, 4) is 0 Å². The van der Waals surface area contributed by atoms with Gasteiger partial charge < -0.3 is 9.84 Å². The van der Waals surface area contributed by atoms with Gasteiger partial charge in [-0.25, -0.2) is 0 Å². The van der Waals surface area contributed by atoms with E-state index >= 15 is 0 Å². The first-order valence-corrected chi connectivity index (χ1v) is 15.8. The van der Waals surface area contributed by atoms with E-state index in [4.69, 9.17) is 9.84 Å². The highest BCUT2D eigenvalue weighted by molar-refractivity contribution is 5.69. The standard InChI is InChI=1S/C35H58O4/c1-3-5-7-9-11-13-14-15-16-18-20-22-28-32-35(38)39-33(30-26-23-24-27-31-34(36)37)29-25-21-19-17-12-10-8-6-4-2/h5,7,11,13,15-17,19,25,29,33H,3-4,6,8-10,12,14,18,20-24,26-28,30-32H2,1-2H3,(H,36,37)/b7-5-,13-11-,16-15-,19-17-,29-25-. The molecule has 0 aromatic heterocycles. The summed E-state index contributed by atoms with van der Waals surface area (Å²) in [7, 11) is 0. The first kappa shape index (κ1) is 36.6. The lowest BCUT2D eigenvalue weighted by Crippen LogP contribution is -2.16. The van der Waals surface area contributed by atoms with Gasteiger partial charge in [0.15, 0.2) is 0 Å². The largest absolute Gasteiger partial charge is 0.481 e. The molecule has 4 nitrogen and oxygen atoms in total. The summed E-state index contributed by atoms with van der Waals surface area (Å²) in [5, 5.41) is 8.78. The minimum absolute atomic E-state index is 0.111. The number of hydrogen-bond donors (Lipinski definition) is 1. The van der Waals surface area contributed by atoms with Gasteiger partial charge in [0.2, 0.25) is 0 Å². The summed E-state index contributed by atoms with van der Waals surface area (Å²) in [6.07, 6.45) is 40.9. The number of ether oxygens (including phenoxy) is 1. The van der Waals surface area contributed by atoms with E-state index in [9.17, 15) is 9.59 Å². The Morgan fingerprint density at radius 2 is 1.15 bits per heavy atom. The highest BCUT2D eigenvalue weighted by atomic mass is 16.5. The molecule has 0 heterocycles. The van der Waals surface area contributed by atoms with Crippen LogP contribution < -0.4 is 0 Å². The molecule has 0 aliphatic rings. The zero-order valence-electron chi connectivity index (χ0n) is 25.2. The maximum absolute atomic E-state index is 12.5. The third-order valence-electron chi connectivity index (χ3n) is 6.46. The lowest BCUT2D eigenvalue weighted by Gasteiger charge is -2.14. The zero-order chi connectivity index (χ0) is 28.7. The van der Waals surface area contributed by atoms with E-state index < -0.39 is 5.97 Å². The van der Waals surface area contributed by atoms with Crippen LogP contribution >= 0.6 is 0 Å². The number of carbonyl (C=O) groups is 2. The molecular formula is C35H58O4. The summed E-state index contributed by atoms with van der Waals surface area (Å²) >= 11 is 0. The van der Waals surface area contributed by atoms with Crippen molar-refractivity contribution in [3.63, 3.8) is 0 Å². The van der Waals surface area contributed by atoms with Gasteiger partial charge in [0.1, 0.15) is 6.10 Å². The Morgan fingerprint density at radius 1 is 0.615 bits per heavy atom. The van der Waals surface area contributed by atoms with Gasteiger partial charge in [0.05, 0.1) is 0 Å². The lowest BCUT2D eigenvalue weighted by atomic mass is 10.1. The zero-order valence-corrected chi connectivity index (χ0v) is 25.2. The van der Waals surface area contributed by atoms with Crippen LogP contribution in [-0.2, 0) is 14.3 Å². The van der Waals surface area contributed by atoms with Crippen molar-refractivity contribution >= 4 is 11.9 Å². The number of rotatable bonds is 27. The molecule has 1 N–H and O–H groups in total. The molecule has 1 unspecified atom stereocenters. The molecule has 4 heteroatoms. The molecular weight excluding hydrogens is 484 g/mol. The van der Waals surface area contributed by atoms with Gasteiger partial charge in [-0.3, -0.25) is 9.59 Å². The molecule has 0 aromatic rings. The van der Waals surface area contributed by atoms with Gasteiger partial charge in [0.25, 0.3) is 0 Å². The Hall–Kier alpha value is -2.36. The average molecular weight is 543 g/mol. The predicted molar refractivity (Wildman–Crippen MR) is 167 cm³/mol. The fourth-order valence-corrected chi connectivity index (χ4v) is 4.14. The van der Waals surface area contributed by atoms with Crippen molar-refractivity contribution in [3.05, 3.63) is 60.8 Å². The van der Waals surface area contributed by atoms with Crippen LogP contribution in [0.2, 0.25) is 0 Å². The average Bonchev–Trinajstić information content (AvgIpc) is 2.91. The fourth-order valence-electron chi connectivity index (χ4n) is 4.14. The Bertz CT molecular complexity index is 714. The molecule has 0 aliphatic heterocycles. The summed E-state index contributed by atoms with van der Waals surface area (Å²) in [4.78, 5) is 23.1. The fraction of sp³-hybridized carbons (Fsp3) is 0.657. The van der Waals surface area contributed by atoms with E-state index in [1.807, 2.05) is 6.08 Å². The molecule has 222 valence electrons. The van der Waals surface area contributed by atoms with Gasteiger partial charge in [0, 0.05) is 12.8 Å². The van der Waals surface area contributed by atoms with Crippen LogP contribution in [0.1, 0.15) is 142 Å². The van der Waals surface area contributed by atoms with Crippen molar-refractivity contribution in [2.45, 2.75) is 148 Å². The van der Waals surface area contributed by atoms with Gasteiger partial charge >= 0.3 is 11.9 Å². The van der Waals surface area contributed by atoms with Gasteiger partial charge in [-0.1, -0.05) is 107 Å². The normalized spacial score (nSPS) is 13.1. The molecule has 0 spiro atoms. The predicted octanol–water partition coefficient (Wildman–Crippen LogP) is 10.6. The second kappa shape index (κ2) is 30.2. The summed E-state index contributed by atoms with van der Waals surface area (Å²) < 4.78 is 5.80. The third-order valence-corrected chi connectivity index (χ3v) is 6.46. The van der Waals surface area contributed by atoms with Gasteiger partial charge in [-0.2, -0.15) is 0 Å². The second-order valence-electron chi connectivity index (χ2n) is 10.3. The lowest BCUT2D eigenvalue weighted by molar-refractivity contribution is -0.147. The van der Waals surface area contributed by atoms with Gasteiger partial charge in [-0.05, 0) is 83.1 Å². The minimum atomic E-state index is -0.734. The van der Waals surface area contributed by atoms with Crippen molar-refractivity contribution < 1.29 is 19.4 Å². The van der Waals surface area contributed by atoms with E-state index in [2.05, 4.69) is 68.5 Å². The summed E-state index contributed by atoms with van der Waals surface area (Å²) in [6, 6.07) is 0. The Balaban J connectivity index is 4.24. The molecule has 0 aliphatic carbocycles. The van der Waals surface area contributed by atoms with E-state index in [1.54, 1.807) is 0 Å². The number of carboxylic acid groups (broad SMARTS) is 1. The molecule has 0 aromatic carbocycles. The van der Waals surface area contributed by atoms with Crippen LogP contribution in [0, 0.1) is 0 Å². The molecule has 0 radical (unpaired) electrons. The van der Waals surface area contributed by atoms with Crippen LogP contribution in [0.25, 0.3) is 0 Å². The Morgan fingerprint density at radius 3 is 1.79 bits per heavy atom. The molecule has 0 rings (SSSR count). The number of hydrogen-bond acceptors (Lipinski definition) is 3. The monoisotopic (exact) mass is 542 g/mol. The first-order valence-electron chi connectivity index (χ1n) is 15.8. The highest BCUT2D eigenvalue weighted by Gasteiger charge is 2.11. The minimum Gasteiger partial charge on any atom is -0.481 e. The highest BCUT2D eigenvalue weighted by Crippen LogP contribution is 2.14. The Kier molecular flexibility index (Phi) is 28.4. The quantitative estimate of drug-likeness (QED) is 0.0637. The topological polar surface area (TPSA) is 63.6 Å². The number of carboxylic acids is 1. The van der Waals surface area contributed by atoms with Crippen LogP contribution in [0.3, 0.4) is 0 Å². The molecule has 39 heavy (non-hydrogen) atoms. The van der Waals surface area contributed by atoms with Crippen molar-refractivity contribution in [2.75, 3.05) is 0 Å². The number of esters is 1. The summed E-state index contributed by atoms with van der Waals surface area (Å²) in [6.45, 7) is 4.38. The molecule has 0 fully saturated rings. The third kappa shape index (κ3) is 30.0. The number of allylic oxidation sites excluding steroid dienone is 9. The smallest absolute Gasteiger partial charge is 0.306 e. The number of carbonyl (C=O) groups excluding carboxylic acids is 1. The Labute approximate surface area is 240 Å². The molecule has 0 saturated carbocycles. The van der Waals surface area contributed by atoms with Crippen molar-refractivity contribution in [2.24, 2.45) is 0 Å². The maximum Gasteiger partial charge on any atom is 0.306 e. The van der Waals surface area contributed by atoms with Crippen molar-refractivity contribution in [1.29, 1.82) is 0 Å². The summed E-state index contributed by atoms with van der Waals surface area (Å²) in [5.41, 5.74) is 0. The van der Waals surface area contributed by atoms with E-state index in [0.29, 0.717) is 12.8 Å². The molecule has 0 bridgehead atoms. The van der Waals surface area contributed by atoms with E-state index in [0.717, 1.165) is 83.5 Å². The summed E-state index contributed by atoms with van der Waals surface area (Å²) in [5.74, 6) is -0.845. The van der Waals surface area contributed by atoms with Crippen LogP contribution in [0.5, 0.6) is 0 Å². The molecule has 0 amide bonds. The SMILES string of the molecule is CC/C=C\C/C=C\C/C=C\CCCCCC(=O)OC(/C=C\C/C=C\CCCCCC)CCCCCCC(=O)O.